The van der Waals surface area contributed by atoms with Crippen molar-refractivity contribution in [2.24, 2.45) is 7.05 Å². The molecule has 0 spiro atoms. The van der Waals surface area contributed by atoms with Gasteiger partial charge in [-0.15, -0.1) is 0 Å². The van der Waals surface area contributed by atoms with E-state index in [9.17, 15) is 9.59 Å². The largest absolute Gasteiger partial charge is 0.480 e. The minimum atomic E-state index is -1.09. The molecule has 2 N–H and O–H groups in total. The molecule has 0 radical (unpaired) electrons. The summed E-state index contributed by atoms with van der Waals surface area (Å²) in [6.45, 7) is 4.76. The normalized spacial score (nSPS) is 12.0. The summed E-state index contributed by atoms with van der Waals surface area (Å²) in [4.78, 5) is 22.0. The van der Waals surface area contributed by atoms with E-state index >= 15 is 0 Å². The monoisotopic (exact) mass is 255 g/mol. The number of aromatic nitrogens is 2. The Balaban J connectivity index is 2.55. The summed E-state index contributed by atoms with van der Waals surface area (Å²) in [7, 11) is 1.78. The average molecular weight is 255 g/mol. The van der Waals surface area contributed by atoms with E-state index in [0.717, 1.165) is 5.69 Å². The first-order chi connectivity index (χ1) is 8.32. The number of hydrogen-bond donors (Lipinski definition) is 2. The van der Waals surface area contributed by atoms with E-state index < -0.39 is 17.9 Å². The number of carboxylic acid groups (broad SMARTS) is 1. The van der Waals surface area contributed by atoms with Crippen LogP contribution in [0.3, 0.4) is 0 Å². The molecular weight excluding hydrogens is 238 g/mol. The van der Waals surface area contributed by atoms with Crippen molar-refractivity contribution in [3.63, 3.8) is 0 Å². The molecular formula is C11H17N3O4. The van der Waals surface area contributed by atoms with Crippen LogP contribution in [0.4, 0.5) is 0 Å². The van der Waals surface area contributed by atoms with Crippen LogP contribution in [0.5, 0.6) is 5.75 Å². The first-order valence-corrected chi connectivity index (χ1v) is 5.48. The minimum absolute atomic E-state index is 0.231. The molecule has 0 saturated carbocycles. The van der Waals surface area contributed by atoms with Crippen LogP contribution in [-0.4, -0.2) is 39.4 Å². The lowest BCUT2D eigenvalue weighted by atomic mass is 10.3. The lowest BCUT2D eigenvalue weighted by molar-refractivity contribution is -0.141. The maximum absolute atomic E-state index is 11.4. The number of aliphatic carboxylic acids is 1. The lowest BCUT2D eigenvalue weighted by Gasteiger charge is -2.10. The highest BCUT2D eigenvalue weighted by Gasteiger charge is 2.16. The topological polar surface area (TPSA) is 93.5 Å². The van der Waals surface area contributed by atoms with Crippen molar-refractivity contribution >= 4 is 11.9 Å². The molecule has 0 aromatic carbocycles. The van der Waals surface area contributed by atoms with E-state index in [4.69, 9.17) is 9.84 Å². The third-order valence-corrected chi connectivity index (χ3v) is 2.54. The molecule has 0 bridgehead atoms. The summed E-state index contributed by atoms with van der Waals surface area (Å²) in [6, 6.07) is -0.933. The first kappa shape index (κ1) is 14.0. The molecule has 1 aromatic heterocycles. The Labute approximate surface area is 105 Å². The van der Waals surface area contributed by atoms with Crippen LogP contribution in [0.2, 0.25) is 0 Å². The number of nitrogens with zero attached hydrogens (tertiary/aromatic N) is 2. The molecule has 100 valence electrons. The number of ether oxygens (including phenoxy) is 1. The van der Waals surface area contributed by atoms with Crippen molar-refractivity contribution in [1.29, 1.82) is 0 Å². The third kappa shape index (κ3) is 3.22. The lowest BCUT2D eigenvalue weighted by Crippen LogP contribution is -2.40. The van der Waals surface area contributed by atoms with Crippen LogP contribution >= 0.6 is 0 Å². The van der Waals surface area contributed by atoms with Gasteiger partial charge in [0.1, 0.15) is 11.7 Å². The van der Waals surface area contributed by atoms with Crippen LogP contribution < -0.4 is 10.1 Å². The van der Waals surface area contributed by atoms with Gasteiger partial charge in [-0.3, -0.25) is 14.3 Å². The van der Waals surface area contributed by atoms with E-state index in [1.54, 1.807) is 18.7 Å². The van der Waals surface area contributed by atoms with E-state index in [0.29, 0.717) is 11.4 Å². The van der Waals surface area contributed by atoms with Gasteiger partial charge < -0.3 is 15.2 Å². The number of rotatable bonds is 5. The van der Waals surface area contributed by atoms with Crippen molar-refractivity contribution in [2.45, 2.75) is 26.8 Å². The molecule has 7 heteroatoms. The number of amides is 1. The number of hydrogen-bond acceptors (Lipinski definition) is 4. The van der Waals surface area contributed by atoms with Gasteiger partial charge in [0.2, 0.25) is 0 Å². The van der Waals surface area contributed by atoms with Crippen LogP contribution in [-0.2, 0) is 16.6 Å². The van der Waals surface area contributed by atoms with Gasteiger partial charge >= 0.3 is 5.97 Å². The molecule has 0 fully saturated rings. The fraction of sp³-hybridized carbons (Fsp3) is 0.545. The van der Waals surface area contributed by atoms with Crippen molar-refractivity contribution in [3.05, 3.63) is 11.4 Å². The number of carboxylic acids is 1. The highest BCUT2D eigenvalue weighted by Crippen LogP contribution is 2.20. The number of aryl methyl sites for hydroxylation is 2. The molecule has 0 aliphatic heterocycles. The summed E-state index contributed by atoms with van der Waals surface area (Å²) in [6.07, 6.45) is 0. The molecule has 7 nitrogen and oxygen atoms in total. The smallest absolute Gasteiger partial charge is 0.325 e. The van der Waals surface area contributed by atoms with Gasteiger partial charge in [0.05, 0.1) is 5.69 Å². The molecule has 1 heterocycles. The van der Waals surface area contributed by atoms with Gasteiger partial charge in [-0.25, -0.2) is 0 Å². The van der Waals surface area contributed by atoms with Crippen LogP contribution in [0.1, 0.15) is 18.3 Å². The first-order valence-electron chi connectivity index (χ1n) is 5.48. The fourth-order valence-electron chi connectivity index (χ4n) is 1.45. The molecule has 0 saturated heterocycles. The average Bonchev–Trinajstić information content (AvgIpc) is 2.51. The van der Waals surface area contributed by atoms with Crippen molar-refractivity contribution in [2.75, 3.05) is 6.61 Å². The van der Waals surface area contributed by atoms with Gasteiger partial charge in [0, 0.05) is 7.05 Å². The van der Waals surface area contributed by atoms with Crippen molar-refractivity contribution < 1.29 is 19.4 Å². The van der Waals surface area contributed by atoms with Gasteiger partial charge in [-0.2, -0.15) is 5.10 Å². The van der Waals surface area contributed by atoms with E-state index in [1.165, 1.54) is 6.92 Å². The zero-order chi connectivity index (χ0) is 13.9. The van der Waals surface area contributed by atoms with Crippen molar-refractivity contribution in [3.8, 4) is 5.75 Å². The Hall–Kier alpha value is -2.05. The highest BCUT2D eigenvalue weighted by molar-refractivity contribution is 5.84. The SMILES string of the molecule is Cc1nn(C)c(C)c1OCC(=O)NC(C)C(=O)O. The molecule has 1 amide bonds. The van der Waals surface area contributed by atoms with Gasteiger partial charge in [-0.05, 0) is 20.8 Å². The maximum Gasteiger partial charge on any atom is 0.325 e. The summed E-state index contributed by atoms with van der Waals surface area (Å²) in [5.74, 6) is -1.01. The Bertz CT molecular complexity index is 467. The molecule has 1 aromatic rings. The summed E-state index contributed by atoms with van der Waals surface area (Å²) in [5, 5.41) is 15.1. The number of carbonyl (C=O) groups is 2. The second-order valence-electron chi connectivity index (χ2n) is 4.04. The van der Waals surface area contributed by atoms with Crippen LogP contribution in [0.25, 0.3) is 0 Å². The number of carbonyl (C=O) groups excluding carboxylic acids is 1. The standard InChI is InChI=1S/C11H17N3O4/c1-6-10(8(3)14(4)13-6)18-5-9(15)12-7(2)11(16)17/h7H,5H2,1-4H3,(H,12,15)(H,16,17). The second kappa shape index (κ2) is 5.52. The fourth-order valence-corrected chi connectivity index (χ4v) is 1.45. The molecule has 0 aliphatic carbocycles. The predicted octanol–water partition coefficient (Wildman–Crippen LogP) is 0.00504. The van der Waals surface area contributed by atoms with Crippen LogP contribution in [0, 0.1) is 13.8 Å². The van der Waals surface area contributed by atoms with Gasteiger partial charge in [-0.1, -0.05) is 0 Å². The molecule has 0 aliphatic rings. The Morgan fingerprint density at radius 3 is 2.56 bits per heavy atom. The van der Waals surface area contributed by atoms with Gasteiger partial charge in [0.25, 0.3) is 5.91 Å². The second-order valence-corrected chi connectivity index (χ2v) is 4.04. The van der Waals surface area contributed by atoms with E-state index in [1.807, 2.05) is 6.92 Å². The summed E-state index contributed by atoms with van der Waals surface area (Å²) < 4.78 is 7.00. The Morgan fingerprint density at radius 2 is 2.11 bits per heavy atom. The molecule has 18 heavy (non-hydrogen) atoms. The molecule has 1 unspecified atom stereocenters. The van der Waals surface area contributed by atoms with Crippen molar-refractivity contribution in [1.82, 2.24) is 15.1 Å². The highest BCUT2D eigenvalue weighted by atomic mass is 16.5. The maximum atomic E-state index is 11.4. The minimum Gasteiger partial charge on any atom is -0.480 e. The van der Waals surface area contributed by atoms with Crippen LogP contribution in [0.15, 0.2) is 0 Å². The zero-order valence-corrected chi connectivity index (χ0v) is 10.9. The quantitative estimate of drug-likeness (QED) is 0.772. The molecule has 1 atom stereocenters. The Kier molecular flexibility index (Phi) is 4.30. The predicted molar refractivity (Wildman–Crippen MR) is 63.4 cm³/mol. The number of nitrogens with one attached hydrogen (secondary N) is 1. The summed E-state index contributed by atoms with van der Waals surface area (Å²) >= 11 is 0. The summed E-state index contributed by atoms with van der Waals surface area (Å²) in [5.41, 5.74) is 1.50. The van der Waals surface area contributed by atoms with Gasteiger partial charge in [0.15, 0.2) is 12.4 Å². The third-order valence-electron chi connectivity index (χ3n) is 2.54. The molecule has 1 rings (SSSR count). The Morgan fingerprint density at radius 1 is 1.50 bits per heavy atom. The van der Waals surface area contributed by atoms with E-state index in [-0.39, 0.29) is 6.61 Å². The van der Waals surface area contributed by atoms with E-state index in [2.05, 4.69) is 10.4 Å². The zero-order valence-electron chi connectivity index (χ0n) is 10.9.